The fourth-order valence-corrected chi connectivity index (χ4v) is 3.64. The number of hydrogen-bond acceptors (Lipinski definition) is 4. The molecular weight excluding hydrogens is 428 g/mol. The Morgan fingerprint density at radius 3 is 1.94 bits per heavy atom. The molecule has 0 radical (unpaired) electrons. The quantitative estimate of drug-likeness (QED) is 0.427. The largest absolute Gasteiger partial charge is 0.292 e. The van der Waals surface area contributed by atoms with E-state index in [0.717, 1.165) is 21.1 Å². The summed E-state index contributed by atoms with van der Waals surface area (Å²) in [6.45, 7) is 3.33. The van der Waals surface area contributed by atoms with Crippen LogP contribution in [-0.2, 0) is 0 Å². The number of carbonyl (C=O) groups is 4. The molecule has 0 aliphatic carbocycles. The van der Waals surface area contributed by atoms with Crippen LogP contribution in [-0.4, -0.2) is 40.1 Å². The lowest BCUT2D eigenvalue weighted by molar-refractivity contribution is 0.00531. The van der Waals surface area contributed by atoms with Gasteiger partial charge in [0.05, 0.1) is 11.1 Å². The molecule has 0 saturated heterocycles. The van der Waals surface area contributed by atoms with Crippen molar-refractivity contribution in [3.63, 3.8) is 0 Å². The second-order valence-electron chi connectivity index (χ2n) is 7.56. The maximum absolute atomic E-state index is 13.4. The molecule has 1 aliphatic heterocycles. The van der Waals surface area contributed by atoms with Crippen molar-refractivity contribution in [2.75, 3.05) is 6.54 Å². The Morgan fingerprint density at radius 2 is 1.38 bits per heavy atom. The van der Waals surface area contributed by atoms with E-state index in [1.807, 2.05) is 19.9 Å². The molecule has 0 atom stereocenters. The van der Waals surface area contributed by atoms with Gasteiger partial charge >= 0.3 is 0 Å². The Balaban J connectivity index is 1.73. The first-order chi connectivity index (χ1) is 15.3. The molecule has 0 bridgehead atoms. The fraction of sp³-hybridized carbons (Fsp3) is 0.120. The first-order valence-electron chi connectivity index (χ1n) is 9.93. The van der Waals surface area contributed by atoms with Crippen LogP contribution >= 0.6 is 11.6 Å². The standard InChI is InChI=1S/C25H19ClN2O4/c1-15-7-8-18(13-16(15)2)22(29)14-27(23(30)17-9-11-19(26)12-10-17)28-24(31)20-5-3-4-6-21(20)25(28)32/h3-13H,14H2,1-2H3. The minimum atomic E-state index is -0.659. The number of imide groups is 1. The SMILES string of the molecule is Cc1ccc(C(=O)CN(C(=O)c2ccc(Cl)cc2)N2C(=O)c3ccccc3C2=O)cc1C. The lowest BCUT2D eigenvalue weighted by Gasteiger charge is -2.29. The van der Waals surface area contributed by atoms with Crippen LogP contribution in [0.25, 0.3) is 0 Å². The van der Waals surface area contributed by atoms with Crippen LogP contribution in [0.15, 0.2) is 66.7 Å². The number of halogens is 1. The van der Waals surface area contributed by atoms with Crippen molar-refractivity contribution >= 4 is 35.1 Å². The average molecular weight is 447 g/mol. The van der Waals surface area contributed by atoms with E-state index in [1.54, 1.807) is 24.3 Å². The number of hydrogen-bond donors (Lipinski definition) is 0. The highest BCUT2D eigenvalue weighted by Gasteiger charge is 2.42. The molecule has 0 N–H and O–H groups in total. The Bertz CT molecular complexity index is 1230. The van der Waals surface area contributed by atoms with E-state index < -0.39 is 30.0 Å². The molecule has 7 heteroatoms. The third-order valence-corrected chi connectivity index (χ3v) is 5.71. The van der Waals surface area contributed by atoms with Crippen LogP contribution in [0.2, 0.25) is 5.02 Å². The minimum absolute atomic E-state index is 0.185. The molecular formula is C25H19ClN2O4. The highest BCUT2D eigenvalue weighted by Crippen LogP contribution is 2.26. The predicted octanol–water partition coefficient (Wildman–Crippen LogP) is 4.49. The number of amides is 3. The minimum Gasteiger partial charge on any atom is -0.292 e. The van der Waals surface area contributed by atoms with E-state index in [2.05, 4.69) is 0 Å². The number of hydrazine groups is 1. The zero-order valence-corrected chi connectivity index (χ0v) is 18.2. The van der Waals surface area contributed by atoms with Crippen molar-refractivity contribution < 1.29 is 19.2 Å². The predicted molar refractivity (Wildman–Crippen MR) is 120 cm³/mol. The number of nitrogens with zero attached hydrogens (tertiary/aromatic N) is 2. The van der Waals surface area contributed by atoms with Crippen molar-refractivity contribution in [1.82, 2.24) is 10.0 Å². The second kappa shape index (κ2) is 8.40. The van der Waals surface area contributed by atoms with Gasteiger partial charge in [-0.1, -0.05) is 35.9 Å². The van der Waals surface area contributed by atoms with Crippen molar-refractivity contribution in [3.05, 3.63) is 105 Å². The molecule has 0 unspecified atom stereocenters. The van der Waals surface area contributed by atoms with Crippen molar-refractivity contribution in [3.8, 4) is 0 Å². The van der Waals surface area contributed by atoms with E-state index in [4.69, 9.17) is 11.6 Å². The number of aryl methyl sites for hydroxylation is 2. The molecule has 3 aromatic rings. The lowest BCUT2D eigenvalue weighted by atomic mass is 10.0. The van der Waals surface area contributed by atoms with Crippen molar-refractivity contribution in [2.45, 2.75) is 13.8 Å². The van der Waals surface area contributed by atoms with Gasteiger partial charge in [-0.3, -0.25) is 19.2 Å². The Morgan fingerprint density at radius 1 is 0.812 bits per heavy atom. The average Bonchev–Trinajstić information content (AvgIpc) is 3.04. The zero-order valence-electron chi connectivity index (χ0n) is 17.5. The van der Waals surface area contributed by atoms with E-state index in [-0.39, 0.29) is 16.7 Å². The number of fused-ring (bicyclic) bond motifs is 1. The monoisotopic (exact) mass is 446 g/mol. The van der Waals surface area contributed by atoms with E-state index in [1.165, 1.54) is 36.4 Å². The summed E-state index contributed by atoms with van der Waals surface area (Å²) >= 11 is 5.92. The molecule has 0 saturated carbocycles. The summed E-state index contributed by atoms with van der Waals surface area (Å²) in [5.74, 6) is -2.36. The first kappa shape index (κ1) is 21.5. The maximum atomic E-state index is 13.4. The highest BCUT2D eigenvalue weighted by molar-refractivity contribution is 6.30. The summed E-state index contributed by atoms with van der Waals surface area (Å²) in [4.78, 5) is 52.5. The van der Waals surface area contributed by atoms with Gasteiger partial charge in [0.15, 0.2) is 5.78 Å². The first-order valence-corrected chi connectivity index (χ1v) is 10.3. The van der Waals surface area contributed by atoms with E-state index in [9.17, 15) is 19.2 Å². The molecule has 160 valence electrons. The molecule has 0 aromatic heterocycles. The van der Waals surface area contributed by atoms with Crippen LogP contribution in [0.4, 0.5) is 0 Å². The molecule has 6 nitrogen and oxygen atoms in total. The van der Waals surface area contributed by atoms with Gasteiger partial charge in [0.2, 0.25) is 0 Å². The normalized spacial score (nSPS) is 12.7. The smallest absolute Gasteiger partial charge is 0.280 e. The Kier molecular flexibility index (Phi) is 5.63. The third-order valence-electron chi connectivity index (χ3n) is 5.46. The fourth-order valence-electron chi connectivity index (χ4n) is 3.51. The Labute approximate surface area is 190 Å². The third kappa shape index (κ3) is 3.81. The van der Waals surface area contributed by atoms with Crippen molar-refractivity contribution in [2.24, 2.45) is 0 Å². The van der Waals surface area contributed by atoms with E-state index >= 15 is 0 Å². The van der Waals surface area contributed by atoms with Crippen LogP contribution < -0.4 is 0 Å². The van der Waals surface area contributed by atoms with Crippen LogP contribution in [0.5, 0.6) is 0 Å². The topological polar surface area (TPSA) is 74.8 Å². The highest BCUT2D eigenvalue weighted by atomic mass is 35.5. The molecule has 4 rings (SSSR count). The van der Waals surface area contributed by atoms with Gasteiger partial charge in [-0.05, 0) is 67.4 Å². The molecule has 0 spiro atoms. The van der Waals surface area contributed by atoms with Gasteiger partial charge < -0.3 is 0 Å². The van der Waals surface area contributed by atoms with Gasteiger partial charge in [-0.25, -0.2) is 5.01 Å². The Hall–Kier alpha value is -3.77. The van der Waals surface area contributed by atoms with Gasteiger partial charge in [0, 0.05) is 16.1 Å². The zero-order chi connectivity index (χ0) is 23.0. The molecule has 3 aromatic carbocycles. The van der Waals surface area contributed by atoms with Crippen molar-refractivity contribution in [1.29, 1.82) is 0 Å². The summed E-state index contributed by atoms with van der Waals surface area (Å²) in [6.07, 6.45) is 0. The van der Waals surface area contributed by atoms with E-state index in [0.29, 0.717) is 10.6 Å². The lowest BCUT2D eigenvalue weighted by Crippen LogP contribution is -2.51. The van der Waals surface area contributed by atoms with Gasteiger partial charge in [0.1, 0.15) is 6.54 Å². The van der Waals surface area contributed by atoms with Gasteiger partial charge in [0.25, 0.3) is 17.7 Å². The van der Waals surface area contributed by atoms with Gasteiger partial charge in [-0.15, -0.1) is 0 Å². The van der Waals surface area contributed by atoms with Gasteiger partial charge in [-0.2, -0.15) is 5.01 Å². The molecule has 0 fully saturated rings. The number of Topliss-reactive ketones (excluding diaryl/α,β-unsaturated/α-hetero) is 1. The van der Waals surface area contributed by atoms with Crippen LogP contribution in [0.1, 0.15) is 52.6 Å². The number of carbonyl (C=O) groups excluding carboxylic acids is 4. The number of ketones is 1. The number of benzene rings is 3. The molecule has 32 heavy (non-hydrogen) atoms. The number of rotatable bonds is 5. The summed E-state index contributed by atoms with van der Waals surface area (Å²) in [5.41, 5.74) is 2.90. The maximum Gasteiger partial charge on any atom is 0.280 e. The van der Waals surface area contributed by atoms with Crippen LogP contribution in [0, 0.1) is 13.8 Å². The summed E-state index contributed by atoms with van der Waals surface area (Å²) in [7, 11) is 0. The summed E-state index contributed by atoms with van der Waals surface area (Å²) < 4.78 is 0. The molecule has 1 heterocycles. The summed E-state index contributed by atoms with van der Waals surface area (Å²) in [6, 6.07) is 17.5. The molecule has 1 aliphatic rings. The second-order valence-corrected chi connectivity index (χ2v) is 8.00. The summed E-state index contributed by atoms with van der Waals surface area (Å²) in [5, 5.41) is 2.09. The molecule has 3 amide bonds. The van der Waals surface area contributed by atoms with Crippen LogP contribution in [0.3, 0.4) is 0 Å².